The highest BCUT2D eigenvalue weighted by molar-refractivity contribution is 5.08. The highest BCUT2D eigenvalue weighted by Gasteiger charge is 2.45. The molecule has 0 radical (unpaired) electrons. The van der Waals surface area contributed by atoms with Crippen LogP contribution in [0.5, 0.6) is 0 Å². The van der Waals surface area contributed by atoms with Crippen molar-refractivity contribution in [1.82, 2.24) is 20.0 Å². The summed E-state index contributed by atoms with van der Waals surface area (Å²) >= 11 is 0. The first-order valence-corrected chi connectivity index (χ1v) is 8.54. The van der Waals surface area contributed by atoms with Gasteiger partial charge in [0.15, 0.2) is 0 Å². The Morgan fingerprint density at radius 1 is 1.29 bits per heavy atom. The molecule has 1 aromatic heterocycles. The molecule has 118 valence electrons. The van der Waals surface area contributed by atoms with E-state index in [1.54, 1.807) is 0 Å². The van der Waals surface area contributed by atoms with Gasteiger partial charge in [-0.25, -0.2) is 0 Å². The molecule has 3 rings (SSSR count). The van der Waals surface area contributed by atoms with Gasteiger partial charge in [0.05, 0.1) is 5.69 Å². The van der Waals surface area contributed by atoms with Crippen molar-refractivity contribution < 1.29 is 0 Å². The molecule has 1 aliphatic heterocycles. The highest BCUT2D eigenvalue weighted by Crippen LogP contribution is 2.38. The number of piperazine rings is 1. The zero-order valence-electron chi connectivity index (χ0n) is 13.9. The molecule has 1 unspecified atom stereocenters. The number of hydrogen-bond donors (Lipinski definition) is 1. The molecule has 1 aliphatic carbocycles. The lowest BCUT2D eigenvalue weighted by Gasteiger charge is -2.55. The lowest BCUT2D eigenvalue weighted by Crippen LogP contribution is -2.69. The number of nitrogens with zero attached hydrogens (tertiary/aromatic N) is 3. The molecule has 0 aromatic carbocycles. The van der Waals surface area contributed by atoms with Gasteiger partial charge in [0, 0.05) is 44.0 Å². The van der Waals surface area contributed by atoms with Crippen LogP contribution < -0.4 is 5.32 Å². The molecule has 21 heavy (non-hydrogen) atoms. The molecular formula is C17H30N4. The molecule has 1 aromatic rings. The molecule has 1 saturated heterocycles. The Morgan fingerprint density at radius 3 is 2.67 bits per heavy atom. The van der Waals surface area contributed by atoms with E-state index in [1.807, 2.05) is 11.7 Å². The predicted octanol–water partition coefficient (Wildman–Crippen LogP) is 2.70. The third kappa shape index (κ3) is 3.02. The van der Waals surface area contributed by atoms with Crippen molar-refractivity contribution in [2.75, 3.05) is 13.1 Å². The van der Waals surface area contributed by atoms with Crippen molar-refractivity contribution in [1.29, 1.82) is 0 Å². The Labute approximate surface area is 128 Å². The second-order valence-corrected chi connectivity index (χ2v) is 7.39. The lowest BCUT2D eigenvalue weighted by molar-refractivity contribution is -0.0224. The van der Waals surface area contributed by atoms with Gasteiger partial charge in [0.1, 0.15) is 0 Å². The number of rotatable bonds is 3. The Kier molecular flexibility index (Phi) is 4.10. The molecule has 1 saturated carbocycles. The Morgan fingerprint density at radius 2 is 2.05 bits per heavy atom. The van der Waals surface area contributed by atoms with E-state index < -0.39 is 0 Å². The molecule has 1 spiro atoms. The van der Waals surface area contributed by atoms with Gasteiger partial charge in [-0.15, -0.1) is 0 Å². The van der Waals surface area contributed by atoms with E-state index in [-0.39, 0.29) is 5.54 Å². The van der Waals surface area contributed by atoms with Gasteiger partial charge in [0.2, 0.25) is 0 Å². The average Bonchev–Trinajstić information content (AvgIpc) is 2.90. The summed E-state index contributed by atoms with van der Waals surface area (Å²) in [4.78, 5) is 2.74. The Hall–Kier alpha value is -0.870. The standard InChI is InChI=1S/C17H30N4/c1-4-16(2)14-21(12-15-8-11-20(3)19-15)17(13-18-16)9-6-5-7-10-17/h8,11,18H,4-7,9-10,12-14H2,1-3H3. The fourth-order valence-corrected chi connectivity index (χ4v) is 4.04. The van der Waals surface area contributed by atoms with Crippen molar-refractivity contribution in [2.24, 2.45) is 7.05 Å². The maximum Gasteiger partial charge on any atom is 0.0764 e. The minimum Gasteiger partial charge on any atom is -0.308 e. The van der Waals surface area contributed by atoms with Crippen LogP contribution in [0.3, 0.4) is 0 Å². The Bertz CT molecular complexity index is 475. The lowest BCUT2D eigenvalue weighted by atomic mass is 9.76. The summed E-state index contributed by atoms with van der Waals surface area (Å²) in [5.41, 5.74) is 1.82. The number of aromatic nitrogens is 2. The molecule has 2 heterocycles. The van der Waals surface area contributed by atoms with E-state index in [4.69, 9.17) is 0 Å². The van der Waals surface area contributed by atoms with Crippen LogP contribution in [0.4, 0.5) is 0 Å². The molecule has 4 nitrogen and oxygen atoms in total. The zero-order chi connectivity index (χ0) is 14.9. The van der Waals surface area contributed by atoms with Crippen molar-refractivity contribution in [2.45, 2.75) is 70.0 Å². The van der Waals surface area contributed by atoms with E-state index in [0.717, 1.165) is 19.6 Å². The van der Waals surface area contributed by atoms with Crippen molar-refractivity contribution in [3.05, 3.63) is 18.0 Å². The monoisotopic (exact) mass is 290 g/mol. The third-order valence-corrected chi connectivity index (χ3v) is 5.74. The van der Waals surface area contributed by atoms with Gasteiger partial charge in [0.25, 0.3) is 0 Å². The minimum atomic E-state index is 0.247. The Balaban J connectivity index is 1.81. The maximum atomic E-state index is 4.61. The van der Waals surface area contributed by atoms with Crippen LogP contribution in [-0.2, 0) is 13.6 Å². The summed E-state index contributed by atoms with van der Waals surface area (Å²) in [5, 5.41) is 8.47. The summed E-state index contributed by atoms with van der Waals surface area (Å²) in [6.45, 7) is 7.95. The fourth-order valence-electron chi connectivity index (χ4n) is 4.04. The fraction of sp³-hybridized carbons (Fsp3) is 0.824. The quantitative estimate of drug-likeness (QED) is 0.929. The van der Waals surface area contributed by atoms with Gasteiger partial charge in [-0.05, 0) is 32.3 Å². The summed E-state index contributed by atoms with van der Waals surface area (Å²) in [5.74, 6) is 0. The first kappa shape index (κ1) is 15.0. The molecule has 2 fully saturated rings. The van der Waals surface area contributed by atoms with Crippen LogP contribution >= 0.6 is 0 Å². The first-order chi connectivity index (χ1) is 10.1. The van der Waals surface area contributed by atoms with Crippen molar-refractivity contribution in [3.63, 3.8) is 0 Å². The van der Waals surface area contributed by atoms with Gasteiger partial charge in [-0.1, -0.05) is 26.2 Å². The highest BCUT2D eigenvalue weighted by atomic mass is 15.3. The first-order valence-electron chi connectivity index (χ1n) is 8.54. The van der Waals surface area contributed by atoms with Gasteiger partial charge in [-0.3, -0.25) is 9.58 Å². The SMILES string of the molecule is CCC1(C)CN(Cc2ccn(C)n2)C2(CCCCC2)CN1. The third-order valence-electron chi connectivity index (χ3n) is 5.74. The second-order valence-electron chi connectivity index (χ2n) is 7.39. The molecular weight excluding hydrogens is 260 g/mol. The van der Waals surface area contributed by atoms with Crippen molar-refractivity contribution >= 4 is 0 Å². The molecule has 1 N–H and O–H groups in total. The summed E-state index contributed by atoms with van der Waals surface area (Å²) in [7, 11) is 2.01. The van der Waals surface area contributed by atoms with Crippen LogP contribution in [0, 0.1) is 0 Å². The van der Waals surface area contributed by atoms with Crippen LogP contribution in [-0.4, -0.2) is 38.8 Å². The van der Waals surface area contributed by atoms with E-state index in [0.29, 0.717) is 5.54 Å². The second kappa shape index (κ2) is 5.73. The van der Waals surface area contributed by atoms with Crippen LogP contribution in [0.2, 0.25) is 0 Å². The molecule has 4 heteroatoms. The van der Waals surface area contributed by atoms with Crippen LogP contribution in [0.25, 0.3) is 0 Å². The van der Waals surface area contributed by atoms with Gasteiger partial charge >= 0.3 is 0 Å². The smallest absolute Gasteiger partial charge is 0.0764 e. The number of aryl methyl sites for hydroxylation is 1. The van der Waals surface area contributed by atoms with Crippen LogP contribution in [0.15, 0.2) is 12.3 Å². The minimum absolute atomic E-state index is 0.247. The van der Waals surface area contributed by atoms with Crippen LogP contribution in [0.1, 0.15) is 58.1 Å². The molecule has 0 bridgehead atoms. The van der Waals surface area contributed by atoms with Gasteiger partial charge < -0.3 is 5.32 Å². The summed E-state index contributed by atoms with van der Waals surface area (Å²) in [6, 6.07) is 2.17. The zero-order valence-corrected chi connectivity index (χ0v) is 13.9. The van der Waals surface area contributed by atoms with Crippen molar-refractivity contribution in [3.8, 4) is 0 Å². The van der Waals surface area contributed by atoms with E-state index in [9.17, 15) is 0 Å². The van der Waals surface area contributed by atoms with E-state index >= 15 is 0 Å². The topological polar surface area (TPSA) is 33.1 Å². The molecule has 0 amide bonds. The maximum absolute atomic E-state index is 4.61. The predicted molar refractivity (Wildman–Crippen MR) is 86.1 cm³/mol. The summed E-state index contributed by atoms with van der Waals surface area (Å²) in [6.07, 6.45) is 10.1. The number of hydrogen-bond acceptors (Lipinski definition) is 3. The average molecular weight is 290 g/mol. The summed E-state index contributed by atoms with van der Waals surface area (Å²) < 4.78 is 1.92. The van der Waals surface area contributed by atoms with Gasteiger partial charge in [-0.2, -0.15) is 5.10 Å². The largest absolute Gasteiger partial charge is 0.308 e. The molecule has 1 atom stereocenters. The molecule has 2 aliphatic rings. The van der Waals surface area contributed by atoms with E-state index in [1.165, 1.54) is 44.2 Å². The van der Waals surface area contributed by atoms with E-state index in [2.05, 4.69) is 41.4 Å². The number of nitrogens with one attached hydrogen (secondary N) is 1. The normalized spacial score (nSPS) is 29.9.